The molecule has 6 heteroatoms. The molecule has 1 aliphatic rings. The number of ether oxygens (including phenoxy) is 3. The molecular weight excluding hydrogens is 368 g/mol. The molecule has 6 nitrogen and oxygen atoms in total. The Morgan fingerprint density at radius 1 is 1.03 bits per heavy atom. The smallest absolute Gasteiger partial charge is 0.275 e. The fourth-order valence-electron chi connectivity index (χ4n) is 3.59. The molecule has 0 aromatic heterocycles. The van der Waals surface area contributed by atoms with Crippen LogP contribution in [0.1, 0.15) is 17.5 Å². The van der Waals surface area contributed by atoms with E-state index in [2.05, 4.69) is 35.7 Å². The summed E-state index contributed by atoms with van der Waals surface area (Å²) in [6.07, 6.45) is 3.24. The van der Waals surface area contributed by atoms with Gasteiger partial charge in [0.2, 0.25) is 5.75 Å². The number of carbonyl (C=O) groups is 1. The van der Waals surface area contributed by atoms with Gasteiger partial charge in [0, 0.05) is 13.0 Å². The van der Waals surface area contributed by atoms with E-state index in [1.54, 1.807) is 21.3 Å². The summed E-state index contributed by atoms with van der Waals surface area (Å²) in [5.41, 5.74) is 3.54. The molecular formula is C23H29N2O4+. The van der Waals surface area contributed by atoms with E-state index in [1.807, 2.05) is 18.2 Å². The molecule has 1 amide bonds. The number of nitrogens with one attached hydrogen (secondary N) is 2. The van der Waals surface area contributed by atoms with Crippen molar-refractivity contribution in [3.05, 3.63) is 59.7 Å². The molecule has 0 aliphatic carbocycles. The lowest BCUT2D eigenvalue weighted by molar-refractivity contribution is -0.886. The van der Waals surface area contributed by atoms with Crippen LogP contribution >= 0.6 is 0 Å². The number of carbonyl (C=O) groups excluding carboxylic acids is 1. The molecule has 0 saturated heterocycles. The highest BCUT2D eigenvalue weighted by Gasteiger charge is 2.19. The first kappa shape index (κ1) is 20.7. The predicted octanol–water partition coefficient (Wildman–Crippen LogP) is 1.70. The van der Waals surface area contributed by atoms with E-state index in [0.29, 0.717) is 30.3 Å². The first-order valence-electron chi connectivity index (χ1n) is 9.78. The summed E-state index contributed by atoms with van der Waals surface area (Å²) in [6.45, 7) is 2.69. The van der Waals surface area contributed by atoms with Crippen LogP contribution in [0.2, 0.25) is 0 Å². The SMILES string of the molecule is COc1cc(CNC(=O)C[NH+]2CC=C(c3ccccc3)CC2)cc(OC)c1OC. The number of benzene rings is 2. The highest BCUT2D eigenvalue weighted by atomic mass is 16.5. The van der Waals surface area contributed by atoms with Crippen molar-refractivity contribution in [1.82, 2.24) is 5.32 Å². The molecule has 154 valence electrons. The summed E-state index contributed by atoms with van der Waals surface area (Å²) in [4.78, 5) is 13.7. The van der Waals surface area contributed by atoms with Crippen molar-refractivity contribution in [3.8, 4) is 17.2 Å². The van der Waals surface area contributed by atoms with Crippen LogP contribution in [0, 0.1) is 0 Å². The van der Waals surface area contributed by atoms with Crippen molar-refractivity contribution in [3.63, 3.8) is 0 Å². The van der Waals surface area contributed by atoms with Crippen LogP contribution in [0.3, 0.4) is 0 Å². The van der Waals surface area contributed by atoms with E-state index >= 15 is 0 Å². The molecule has 1 heterocycles. The largest absolute Gasteiger partial charge is 0.493 e. The predicted molar refractivity (Wildman–Crippen MR) is 113 cm³/mol. The second-order valence-electron chi connectivity index (χ2n) is 7.04. The van der Waals surface area contributed by atoms with Crippen LogP contribution in [0.4, 0.5) is 0 Å². The Morgan fingerprint density at radius 2 is 1.72 bits per heavy atom. The molecule has 1 atom stereocenters. The fraction of sp³-hybridized carbons (Fsp3) is 0.348. The van der Waals surface area contributed by atoms with Gasteiger partial charge in [-0.15, -0.1) is 0 Å². The standard InChI is InChI=1S/C23H28N2O4/c1-27-20-13-17(14-21(28-2)23(20)29-3)15-24-22(26)16-25-11-9-19(10-12-25)18-7-5-4-6-8-18/h4-9,13-14H,10-12,15-16H2,1-3H3,(H,24,26)/p+1. The Morgan fingerprint density at radius 3 is 2.28 bits per heavy atom. The van der Waals surface area contributed by atoms with Gasteiger partial charge in [0.1, 0.15) is 0 Å². The maximum atomic E-state index is 12.4. The number of hydrogen-bond acceptors (Lipinski definition) is 4. The van der Waals surface area contributed by atoms with Crippen LogP contribution in [-0.2, 0) is 11.3 Å². The van der Waals surface area contributed by atoms with Crippen LogP contribution in [-0.4, -0.2) is 46.9 Å². The number of methoxy groups -OCH3 is 3. The van der Waals surface area contributed by atoms with Crippen LogP contribution in [0.25, 0.3) is 5.57 Å². The van der Waals surface area contributed by atoms with Gasteiger partial charge in [0.25, 0.3) is 5.91 Å². The molecule has 0 fully saturated rings. The van der Waals surface area contributed by atoms with Crippen molar-refractivity contribution in [2.45, 2.75) is 13.0 Å². The first-order valence-corrected chi connectivity index (χ1v) is 9.78. The lowest BCUT2D eigenvalue weighted by atomic mass is 10.00. The maximum Gasteiger partial charge on any atom is 0.275 e. The Bertz CT molecular complexity index is 839. The zero-order valence-electron chi connectivity index (χ0n) is 17.3. The molecule has 0 saturated carbocycles. The molecule has 0 radical (unpaired) electrons. The summed E-state index contributed by atoms with van der Waals surface area (Å²) in [5, 5.41) is 3.00. The summed E-state index contributed by atoms with van der Waals surface area (Å²) in [6, 6.07) is 14.1. The van der Waals surface area contributed by atoms with Gasteiger partial charge in [-0.3, -0.25) is 4.79 Å². The molecule has 2 N–H and O–H groups in total. The van der Waals surface area contributed by atoms with Gasteiger partial charge in [-0.2, -0.15) is 0 Å². The van der Waals surface area contributed by atoms with E-state index in [9.17, 15) is 4.79 Å². The average Bonchev–Trinajstić information content (AvgIpc) is 2.78. The fourth-order valence-corrected chi connectivity index (χ4v) is 3.59. The van der Waals surface area contributed by atoms with E-state index < -0.39 is 0 Å². The zero-order valence-corrected chi connectivity index (χ0v) is 17.3. The van der Waals surface area contributed by atoms with E-state index in [4.69, 9.17) is 14.2 Å². The molecule has 2 aromatic rings. The van der Waals surface area contributed by atoms with Crippen molar-refractivity contribution in [1.29, 1.82) is 0 Å². The summed E-state index contributed by atoms with van der Waals surface area (Å²) in [5.74, 6) is 1.74. The van der Waals surface area contributed by atoms with Gasteiger partial charge in [0.15, 0.2) is 18.0 Å². The highest BCUT2D eigenvalue weighted by Crippen LogP contribution is 2.38. The van der Waals surface area contributed by atoms with E-state index in [-0.39, 0.29) is 5.91 Å². The maximum absolute atomic E-state index is 12.4. The lowest BCUT2D eigenvalue weighted by Gasteiger charge is -2.23. The van der Waals surface area contributed by atoms with E-state index in [1.165, 1.54) is 16.0 Å². The molecule has 1 unspecified atom stereocenters. The molecule has 0 spiro atoms. The molecule has 0 bridgehead atoms. The summed E-state index contributed by atoms with van der Waals surface area (Å²) >= 11 is 0. The van der Waals surface area contributed by atoms with Crippen molar-refractivity contribution in [2.24, 2.45) is 0 Å². The second kappa shape index (κ2) is 9.98. The van der Waals surface area contributed by atoms with Gasteiger partial charge in [-0.25, -0.2) is 0 Å². The van der Waals surface area contributed by atoms with Crippen LogP contribution < -0.4 is 24.4 Å². The minimum absolute atomic E-state index is 0.0327. The first-order chi connectivity index (χ1) is 14.1. The number of amides is 1. The summed E-state index contributed by atoms with van der Waals surface area (Å²) in [7, 11) is 4.73. The number of hydrogen-bond donors (Lipinski definition) is 2. The van der Waals surface area contributed by atoms with Crippen molar-refractivity contribution >= 4 is 11.5 Å². The molecule has 3 rings (SSSR count). The average molecular weight is 397 g/mol. The topological polar surface area (TPSA) is 61.2 Å². The quantitative estimate of drug-likeness (QED) is 0.712. The van der Waals surface area contributed by atoms with Gasteiger partial charge >= 0.3 is 0 Å². The Kier molecular flexibility index (Phi) is 7.14. The normalized spacial score (nSPS) is 16.0. The minimum Gasteiger partial charge on any atom is -0.493 e. The van der Waals surface area contributed by atoms with Gasteiger partial charge in [-0.1, -0.05) is 30.3 Å². The monoisotopic (exact) mass is 397 g/mol. The van der Waals surface area contributed by atoms with E-state index in [0.717, 1.165) is 25.1 Å². The van der Waals surface area contributed by atoms with Crippen LogP contribution in [0.5, 0.6) is 17.2 Å². The van der Waals surface area contributed by atoms with Crippen LogP contribution in [0.15, 0.2) is 48.5 Å². The Balaban J connectivity index is 1.54. The van der Waals surface area contributed by atoms with Gasteiger partial charge in [0.05, 0.1) is 34.4 Å². The molecule has 2 aromatic carbocycles. The lowest BCUT2D eigenvalue weighted by Crippen LogP contribution is -3.13. The Hall–Kier alpha value is -2.99. The number of rotatable bonds is 8. The summed E-state index contributed by atoms with van der Waals surface area (Å²) < 4.78 is 16.1. The zero-order chi connectivity index (χ0) is 20.6. The second-order valence-corrected chi connectivity index (χ2v) is 7.04. The van der Waals surface area contributed by atoms with Crippen molar-refractivity contribution in [2.75, 3.05) is 41.0 Å². The highest BCUT2D eigenvalue weighted by molar-refractivity contribution is 5.77. The third-order valence-corrected chi connectivity index (χ3v) is 5.15. The molecule has 29 heavy (non-hydrogen) atoms. The number of quaternary nitrogens is 1. The van der Waals surface area contributed by atoms with Gasteiger partial charge < -0.3 is 24.4 Å². The molecule has 1 aliphatic heterocycles. The Labute approximate surface area is 172 Å². The minimum atomic E-state index is 0.0327. The van der Waals surface area contributed by atoms with Gasteiger partial charge in [-0.05, 0) is 34.9 Å². The van der Waals surface area contributed by atoms with Crippen molar-refractivity contribution < 1.29 is 23.9 Å². The third-order valence-electron chi connectivity index (χ3n) is 5.15. The third kappa shape index (κ3) is 5.29.